The van der Waals surface area contributed by atoms with Gasteiger partial charge >= 0.3 is 0 Å². The minimum absolute atomic E-state index is 0.0402. The van der Waals surface area contributed by atoms with Crippen molar-refractivity contribution in [3.8, 4) is 23.7 Å². The number of carbonyl (C=O) groups is 1. The molecule has 1 aromatic rings. The Balaban J connectivity index is 2.64. The first-order chi connectivity index (χ1) is 9.58. The number of Topliss-reactive ketones (excluding diaryl/α,β-unsaturated/α-hetero) is 1. The van der Waals surface area contributed by atoms with Crippen LogP contribution in [0.25, 0.3) is 0 Å². The van der Waals surface area contributed by atoms with Crippen molar-refractivity contribution in [3.63, 3.8) is 0 Å². The SMILES string of the molecule is CCCCCC#CC#CC(C)(C)C(=O)c1ccccc1. The molecule has 1 heteroatoms. The van der Waals surface area contributed by atoms with Gasteiger partial charge in [-0.2, -0.15) is 0 Å². The van der Waals surface area contributed by atoms with Crippen molar-refractivity contribution in [1.82, 2.24) is 0 Å². The Morgan fingerprint density at radius 1 is 1.10 bits per heavy atom. The van der Waals surface area contributed by atoms with Crippen LogP contribution in [0.1, 0.15) is 56.8 Å². The van der Waals surface area contributed by atoms with Gasteiger partial charge in [0, 0.05) is 12.0 Å². The maximum atomic E-state index is 12.3. The van der Waals surface area contributed by atoms with Crippen LogP contribution in [-0.2, 0) is 0 Å². The second kappa shape index (κ2) is 8.23. The molecule has 0 aliphatic carbocycles. The summed E-state index contributed by atoms with van der Waals surface area (Å²) in [5.41, 5.74) is 0.00196. The highest BCUT2D eigenvalue weighted by Crippen LogP contribution is 2.20. The van der Waals surface area contributed by atoms with Crippen LogP contribution >= 0.6 is 0 Å². The molecule has 104 valence electrons. The van der Waals surface area contributed by atoms with Crippen molar-refractivity contribution < 1.29 is 4.79 Å². The maximum absolute atomic E-state index is 12.3. The first-order valence-corrected chi connectivity index (χ1v) is 7.18. The molecule has 0 spiro atoms. The average molecular weight is 266 g/mol. The molecule has 1 rings (SSSR count). The summed E-state index contributed by atoms with van der Waals surface area (Å²) in [4.78, 5) is 12.3. The highest BCUT2D eigenvalue weighted by Gasteiger charge is 2.26. The van der Waals surface area contributed by atoms with Crippen LogP contribution in [0.5, 0.6) is 0 Å². The van der Waals surface area contributed by atoms with E-state index in [0.29, 0.717) is 5.56 Å². The van der Waals surface area contributed by atoms with Gasteiger partial charge < -0.3 is 0 Å². The van der Waals surface area contributed by atoms with Gasteiger partial charge in [-0.15, -0.1) is 0 Å². The van der Waals surface area contributed by atoms with Gasteiger partial charge in [0.2, 0.25) is 0 Å². The second-order valence-electron chi connectivity index (χ2n) is 5.33. The van der Waals surface area contributed by atoms with Crippen molar-refractivity contribution in [3.05, 3.63) is 35.9 Å². The number of carbonyl (C=O) groups excluding carboxylic acids is 1. The minimum atomic E-state index is -0.695. The van der Waals surface area contributed by atoms with E-state index in [-0.39, 0.29) is 5.78 Å². The first-order valence-electron chi connectivity index (χ1n) is 7.18. The van der Waals surface area contributed by atoms with Gasteiger partial charge in [-0.3, -0.25) is 4.79 Å². The fourth-order valence-corrected chi connectivity index (χ4v) is 1.76. The highest BCUT2D eigenvalue weighted by molar-refractivity contribution is 6.02. The zero-order valence-corrected chi connectivity index (χ0v) is 12.6. The van der Waals surface area contributed by atoms with Gasteiger partial charge in [0.15, 0.2) is 5.78 Å². The van der Waals surface area contributed by atoms with E-state index in [4.69, 9.17) is 0 Å². The molecule has 1 aromatic carbocycles. The molecule has 0 aromatic heterocycles. The van der Waals surface area contributed by atoms with E-state index < -0.39 is 5.41 Å². The fraction of sp³-hybridized carbons (Fsp3) is 0.421. The molecule has 0 unspecified atom stereocenters. The lowest BCUT2D eigenvalue weighted by Gasteiger charge is -2.15. The molecular weight excluding hydrogens is 244 g/mol. The Morgan fingerprint density at radius 3 is 2.45 bits per heavy atom. The maximum Gasteiger partial charge on any atom is 0.180 e. The van der Waals surface area contributed by atoms with Gasteiger partial charge in [0.05, 0.1) is 5.41 Å². The summed E-state index contributed by atoms with van der Waals surface area (Å²) in [6, 6.07) is 9.27. The highest BCUT2D eigenvalue weighted by atomic mass is 16.1. The molecule has 0 atom stereocenters. The molecule has 1 nitrogen and oxygen atoms in total. The Hall–Kier alpha value is -1.99. The topological polar surface area (TPSA) is 17.1 Å². The van der Waals surface area contributed by atoms with Gasteiger partial charge in [-0.05, 0) is 32.1 Å². The number of unbranched alkanes of at least 4 members (excludes halogenated alkanes) is 3. The van der Waals surface area contributed by atoms with Crippen molar-refractivity contribution in [2.75, 3.05) is 0 Å². The number of hydrogen-bond donors (Lipinski definition) is 0. The van der Waals surface area contributed by atoms with E-state index in [9.17, 15) is 4.79 Å². The third-order valence-electron chi connectivity index (χ3n) is 3.03. The van der Waals surface area contributed by atoms with Crippen LogP contribution in [0.4, 0.5) is 0 Å². The average Bonchev–Trinajstić information content (AvgIpc) is 2.46. The van der Waals surface area contributed by atoms with Crippen molar-refractivity contribution >= 4 is 5.78 Å². The number of ketones is 1. The van der Waals surface area contributed by atoms with E-state index in [0.717, 1.165) is 12.8 Å². The zero-order chi connectivity index (χ0) is 14.8. The summed E-state index contributed by atoms with van der Waals surface area (Å²) < 4.78 is 0. The Labute approximate surface area is 122 Å². The molecule has 0 amide bonds. The number of rotatable bonds is 5. The molecule has 20 heavy (non-hydrogen) atoms. The Morgan fingerprint density at radius 2 is 1.80 bits per heavy atom. The predicted molar refractivity (Wildman–Crippen MR) is 84.2 cm³/mol. The molecule has 0 heterocycles. The Kier molecular flexibility index (Phi) is 6.61. The van der Waals surface area contributed by atoms with E-state index in [1.807, 2.05) is 44.2 Å². The van der Waals surface area contributed by atoms with Crippen molar-refractivity contribution in [2.24, 2.45) is 5.41 Å². The van der Waals surface area contributed by atoms with Crippen LogP contribution in [0.2, 0.25) is 0 Å². The predicted octanol–water partition coefficient (Wildman–Crippen LogP) is 4.48. The van der Waals surface area contributed by atoms with Gasteiger partial charge in [0.1, 0.15) is 0 Å². The number of hydrogen-bond acceptors (Lipinski definition) is 1. The summed E-state index contributed by atoms with van der Waals surface area (Å²) in [5, 5.41) is 0. The van der Waals surface area contributed by atoms with Crippen LogP contribution in [0, 0.1) is 29.1 Å². The van der Waals surface area contributed by atoms with Crippen LogP contribution < -0.4 is 0 Å². The number of benzene rings is 1. The first kappa shape index (κ1) is 16.1. The smallest absolute Gasteiger partial charge is 0.180 e. The van der Waals surface area contributed by atoms with Crippen LogP contribution in [-0.4, -0.2) is 5.78 Å². The zero-order valence-electron chi connectivity index (χ0n) is 12.6. The quantitative estimate of drug-likeness (QED) is 0.436. The molecule has 0 saturated carbocycles. The third kappa shape index (κ3) is 5.33. The largest absolute Gasteiger partial charge is 0.292 e. The van der Waals surface area contributed by atoms with Crippen LogP contribution in [0.15, 0.2) is 30.3 Å². The summed E-state index contributed by atoms with van der Waals surface area (Å²) in [7, 11) is 0. The monoisotopic (exact) mass is 266 g/mol. The summed E-state index contributed by atoms with van der Waals surface area (Å²) in [5.74, 6) is 11.7. The lowest BCUT2D eigenvalue weighted by Crippen LogP contribution is -2.22. The molecular formula is C19H22O. The molecule has 0 radical (unpaired) electrons. The molecule has 0 N–H and O–H groups in total. The second-order valence-corrected chi connectivity index (χ2v) is 5.33. The van der Waals surface area contributed by atoms with Crippen molar-refractivity contribution in [2.45, 2.75) is 46.5 Å². The van der Waals surface area contributed by atoms with E-state index in [2.05, 4.69) is 30.6 Å². The van der Waals surface area contributed by atoms with Crippen molar-refractivity contribution in [1.29, 1.82) is 0 Å². The lowest BCUT2D eigenvalue weighted by atomic mass is 9.85. The summed E-state index contributed by atoms with van der Waals surface area (Å²) >= 11 is 0. The van der Waals surface area contributed by atoms with Gasteiger partial charge in [0.25, 0.3) is 0 Å². The third-order valence-corrected chi connectivity index (χ3v) is 3.03. The molecule has 0 aliphatic heterocycles. The summed E-state index contributed by atoms with van der Waals surface area (Å²) in [6.07, 6.45) is 4.42. The van der Waals surface area contributed by atoms with E-state index in [1.54, 1.807) is 0 Å². The standard InChI is InChI=1S/C19H22O/c1-4-5-6-7-8-9-13-16-19(2,3)18(20)17-14-11-10-12-15-17/h10-12,14-15H,4-7H2,1-3H3. The molecule has 0 aliphatic rings. The molecule has 0 saturated heterocycles. The van der Waals surface area contributed by atoms with E-state index in [1.165, 1.54) is 12.8 Å². The summed E-state index contributed by atoms with van der Waals surface area (Å²) in [6.45, 7) is 5.85. The lowest BCUT2D eigenvalue weighted by molar-refractivity contribution is 0.0893. The minimum Gasteiger partial charge on any atom is -0.292 e. The Bertz CT molecular complexity index is 544. The van der Waals surface area contributed by atoms with E-state index >= 15 is 0 Å². The fourth-order valence-electron chi connectivity index (χ4n) is 1.76. The molecule has 0 bridgehead atoms. The van der Waals surface area contributed by atoms with Gasteiger partial charge in [-0.25, -0.2) is 0 Å². The van der Waals surface area contributed by atoms with Crippen LogP contribution in [0.3, 0.4) is 0 Å². The normalized spacial score (nSPS) is 9.95. The molecule has 0 fully saturated rings. The van der Waals surface area contributed by atoms with Gasteiger partial charge in [-0.1, -0.05) is 61.9 Å².